The number of ether oxygens (including phenoxy) is 1. The molecule has 0 aromatic carbocycles. The normalized spacial score (nSPS) is 13.1. The van der Waals surface area contributed by atoms with Crippen molar-refractivity contribution in [3.63, 3.8) is 0 Å². The quantitative estimate of drug-likeness (QED) is 0.702. The summed E-state index contributed by atoms with van der Waals surface area (Å²) in [5.74, 6) is 0. The smallest absolute Gasteiger partial charge is 0.0817 e. The van der Waals surface area contributed by atoms with Gasteiger partial charge in [-0.15, -0.1) is 0 Å². The average molecular weight is 198 g/mol. The van der Waals surface area contributed by atoms with Crippen LogP contribution in [0.15, 0.2) is 12.4 Å². The van der Waals surface area contributed by atoms with E-state index in [1.54, 1.807) is 10.9 Å². The molecule has 4 nitrogen and oxygen atoms in total. The van der Waals surface area contributed by atoms with E-state index < -0.39 is 6.10 Å². The molecule has 1 rings (SSSR count). The van der Waals surface area contributed by atoms with Gasteiger partial charge < -0.3 is 9.84 Å². The molecular formula is C10H18N2O2. The molecule has 0 saturated carbocycles. The first kappa shape index (κ1) is 11.2. The molecule has 0 radical (unpaired) electrons. The van der Waals surface area contributed by atoms with Crippen LogP contribution < -0.4 is 0 Å². The topological polar surface area (TPSA) is 47.3 Å². The monoisotopic (exact) mass is 198 g/mol. The first-order valence-corrected chi connectivity index (χ1v) is 5.06. The number of hydrogen-bond acceptors (Lipinski definition) is 3. The van der Waals surface area contributed by atoms with Crippen LogP contribution in [0.25, 0.3) is 0 Å². The summed E-state index contributed by atoms with van der Waals surface area (Å²) in [6.07, 6.45) is 3.90. The van der Waals surface area contributed by atoms with Gasteiger partial charge in [0.25, 0.3) is 0 Å². The van der Waals surface area contributed by atoms with E-state index in [-0.39, 0.29) is 0 Å². The fourth-order valence-electron chi connectivity index (χ4n) is 1.21. The first-order valence-electron chi connectivity index (χ1n) is 5.06. The summed E-state index contributed by atoms with van der Waals surface area (Å²) in [5, 5.41) is 13.7. The van der Waals surface area contributed by atoms with Crippen molar-refractivity contribution in [3.8, 4) is 0 Å². The second-order valence-corrected chi connectivity index (χ2v) is 3.16. The Balaban J connectivity index is 2.42. The molecule has 0 aliphatic carbocycles. The van der Waals surface area contributed by atoms with Crippen molar-refractivity contribution in [1.82, 2.24) is 9.78 Å². The maximum Gasteiger partial charge on any atom is 0.0817 e. The lowest BCUT2D eigenvalue weighted by Gasteiger charge is -2.03. The van der Waals surface area contributed by atoms with Gasteiger partial charge in [-0.3, -0.25) is 4.68 Å². The van der Waals surface area contributed by atoms with E-state index >= 15 is 0 Å². The minimum atomic E-state index is -0.393. The van der Waals surface area contributed by atoms with Crippen molar-refractivity contribution < 1.29 is 9.84 Å². The Hall–Kier alpha value is -0.870. The number of aromatic nitrogens is 2. The van der Waals surface area contributed by atoms with Gasteiger partial charge in [0.1, 0.15) is 0 Å². The molecule has 0 aliphatic rings. The van der Waals surface area contributed by atoms with E-state index in [0.717, 1.165) is 25.1 Å². The van der Waals surface area contributed by atoms with Gasteiger partial charge >= 0.3 is 0 Å². The molecule has 1 heterocycles. The van der Waals surface area contributed by atoms with Crippen LogP contribution in [0.4, 0.5) is 0 Å². The molecule has 0 amide bonds. The number of hydrogen-bond donors (Lipinski definition) is 1. The fraction of sp³-hybridized carbons (Fsp3) is 0.700. The molecule has 14 heavy (non-hydrogen) atoms. The van der Waals surface area contributed by atoms with Crippen molar-refractivity contribution in [2.45, 2.75) is 32.9 Å². The highest BCUT2D eigenvalue weighted by Gasteiger charge is 2.06. The molecule has 80 valence electrons. The maximum atomic E-state index is 9.53. The molecule has 1 atom stereocenters. The number of aliphatic hydroxyl groups excluding tert-OH is 1. The zero-order valence-electron chi connectivity index (χ0n) is 8.81. The predicted octanol–water partition coefficient (Wildman–Crippen LogP) is 1.36. The van der Waals surface area contributed by atoms with Crippen molar-refractivity contribution in [2.24, 2.45) is 0 Å². The van der Waals surface area contributed by atoms with E-state index in [4.69, 9.17) is 4.74 Å². The van der Waals surface area contributed by atoms with E-state index in [0.29, 0.717) is 6.61 Å². The minimum Gasteiger partial charge on any atom is -0.388 e. The molecule has 4 heteroatoms. The lowest BCUT2D eigenvalue weighted by molar-refractivity contribution is 0.136. The number of aliphatic hydroxyl groups is 1. The van der Waals surface area contributed by atoms with Gasteiger partial charge in [0.05, 0.1) is 25.5 Å². The number of rotatable bonds is 6. The summed E-state index contributed by atoms with van der Waals surface area (Å²) in [7, 11) is 0. The van der Waals surface area contributed by atoms with Crippen LogP contribution in [-0.4, -0.2) is 28.1 Å². The van der Waals surface area contributed by atoms with Crippen molar-refractivity contribution in [2.75, 3.05) is 13.2 Å². The van der Waals surface area contributed by atoms with E-state index in [2.05, 4.69) is 5.10 Å². The Morgan fingerprint density at radius 1 is 1.57 bits per heavy atom. The maximum absolute atomic E-state index is 9.53. The third kappa shape index (κ3) is 3.12. The van der Waals surface area contributed by atoms with Crippen LogP contribution in [-0.2, 0) is 11.3 Å². The van der Waals surface area contributed by atoms with Crippen LogP contribution in [0.1, 0.15) is 31.9 Å². The molecule has 0 aliphatic heterocycles. The summed E-state index contributed by atoms with van der Waals surface area (Å²) >= 11 is 0. The van der Waals surface area contributed by atoms with Gasteiger partial charge in [-0.25, -0.2) is 0 Å². The van der Waals surface area contributed by atoms with E-state index in [1.165, 1.54) is 0 Å². The van der Waals surface area contributed by atoms with Gasteiger partial charge in [-0.2, -0.15) is 5.10 Å². The molecule has 1 unspecified atom stereocenters. The predicted molar refractivity (Wildman–Crippen MR) is 54.0 cm³/mol. The van der Waals surface area contributed by atoms with Crippen molar-refractivity contribution in [3.05, 3.63) is 18.0 Å². The molecule has 1 aromatic heterocycles. The first-order chi connectivity index (χ1) is 6.77. The molecule has 0 fully saturated rings. The largest absolute Gasteiger partial charge is 0.388 e. The summed E-state index contributed by atoms with van der Waals surface area (Å²) in [5.41, 5.74) is 0.879. The van der Waals surface area contributed by atoms with Crippen LogP contribution in [0.3, 0.4) is 0 Å². The second kappa shape index (κ2) is 5.78. The lowest BCUT2D eigenvalue weighted by atomic mass is 10.2. The standard InChI is InChI=1S/C10H18N2O2/c1-3-10(13)9-7-11-12(8-9)5-6-14-4-2/h7-8,10,13H,3-6H2,1-2H3. The van der Waals surface area contributed by atoms with E-state index in [1.807, 2.05) is 20.0 Å². The highest BCUT2D eigenvalue weighted by Crippen LogP contribution is 2.14. The van der Waals surface area contributed by atoms with Crippen LogP contribution in [0.2, 0.25) is 0 Å². The van der Waals surface area contributed by atoms with Gasteiger partial charge in [-0.05, 0) is 13.3 Å². The third-order valence-electron chi connectivity index (χ3n) is 2.09. The Morgan fingerprint density at radius 3 is 3.00 bits per heavy atom. The number of nitrogens with zero attached hydrogens (tertiary/aromatic N) is 2. The fourth-order valence-corrected chi connectivity index (χ4v) is 1.21. The van der Waals surface area contributed by atoms with Gasteiger partial charge in [0.15, 0.2) is 0 Å². The summed E-state index contributed by atoms with van der Waals surface area (Å²) in [6, 6.07) is 0. The van der Waals surface area contributed by atoms with Crippen molar-refractivity contribution >= 4 is 0 Å². The van der Waals surface area contributed by atoms with Crippen molar-refractivity contribution in [1.29, 1.82) is 0 Å². The van der Waals surface area contributed by atoms with Gasteiger partial charge in [0.2, 0.25) is 0 Å². The molecule has 1 N–H and O–H groups in total. The highest BCUT2D eigenvalue weighted by atomic mass is 16.5. The SMILES string of the molecule is CCOCCn1cc(C(O)CC)cn1. The van der Waals surface area contributed by atoms with Gasteiger partial charge in [-0.1, -0.05) is 6.92 Å². The Bertz CT molecular complexity index is 260. The third-order valence-corrected chi connectivity index (χ3v) is 2.09. The molecule has 0 bridgehead atoms. The van der Waals surface area contributed by atoms with Crippen LogP contribution in [0.5, 0.6) is 0 Å². The Morgan fingerprint density at radius 2 is 2.36 bits per heavy atom. The molecule has 0 spiro atoms. The summed E-state index contributed by atoms with van der Waals surface area (Å²) in [4.78, 5) is 0. The highest BCUT2D eigenvalue weighted by molar-refractivity contribution is 5.07. The molecule has 0 saturated heterocycles. The van der Waals surface area contributed by atoms with Gasteiger partial charge in [0, 0.05) is 18.4 Å². The zero-order chi connectivity index (χ0) is 10.4. The van der Waals surface area contributed by atoms with Crippen LogP contribution >= 0.6 is 0 Å². The summed E-state index contributed by atoms with van der Waals surface area (Å²) in [6.45, 7) is 6.05. The Labute approximate surface area is 84.5 Å². The zero-order valence-corrected chi connectivity index (χ0v) is 8.81. The lowest BCUT2D eigenvalue weighted by Crippen LogP contribution is -2.06. The van der Waals surface area contributed by atoms with E-state index in [9.17, 15) is 5.11 Å². The average Bonchev–Trinajstić information content (AvgIpc) is 2.66. The molecular weight excluding hydrogens is 180 g/mol. The second-order valence-electron chi connectivity index (χ2n) is 3.16. The molecule has 1 aromatic rings. The van der Waals surface area contributed by atoms with Crippen LogP contribution in [0, 0.1) is 0 Å². The Kier molecular flexibility index (Phi) is 4.62. The minimum absolute atomic E-state index is 0.393. The summed E-state index contributed by atoms with van der Waals surface area (Å²) < 4.78 is 7.01.